The maximum atomic E-state index is 12.6. The Kier molecular flexibility index (Phi) is 4.81. The summed E-state index contributed by atoms with van der Waals surface area (Å²) in [7, 11) is 0. The highest BCUT2D eigenvalue weighted by Crippen LogP contribution is 2.38. The number of halogens is 3. The first-order valence-electron chi connectivity index (χ1n) is 7.19. The zero-order valence-electron chi connectivity index (χ0n) is 12.5. The first-order valence-corrected chi connectivity index (χ1v) is 8.01. The van der Waals surface area contributed by atoms with Gasteiger partial charge in [0.05, 0.1) is 10.5 Å². The van der Waals surface area contributed by atoms with Crippen LogP contribution in [0.4, 0.5) is 13.2 Å². The molecule has 0 aromatic heterocycles. The van der Waals surface area contributed by atoms with Gasteiger partial charge in [0.2, 0.25) is 0 Å². The van der Waals surface area contributed by atoms with E-state index in [0.29, 0.717) is 16.4 Å². The molecule has 122 valence electrons. The van der Waals surface area contributed by atoms with Crippen molar-refractivity contribution in [3.05, 3.63) is 84.4 Å². The Hall–Kier alpha value is -2.40. The molecular formula is C19H13F3OS. The van der Waals surface area contributed by atoms with E-state index >= 15 is 0 Å². The van der Waals surface area contributed by atoms with Gasteiger partial charge in [-0.25, -0.2) is 0 Å². The molecule has 0 unspecified atom stereocenters. The third kappa shape index (κ3) is 4.11. The minimum absolute atomic E-state index is 0.652. The number of ether oxygens (including phenoxy) is 1. The summed E-state index contributed by atoms with van der Waals surface area (Å²) in [6, 6.07) is 21.9. The molecule has 0 radical (unpaired) electrons. The van der Waals surface area contributed by atoms with Crippen molar-refractivity contribution in [2.75, 3.05) is 0 Å². The fraction of sp³-hybridized carbons (Fsp3) is 0.0526. The average Bonchev–Trinajstić information content (AvgIpc) is 2.57. The van der Waals surface area contributed by atoms with Crippen molar-refractivity contribution in [3.8, 4) is 11.5 Å². The normalized spacial score (nSPS) is 11.3. The highest BCUT2D eigenvalue weighted by Gasteiger charge is 2.29. The maximum Gasteiger partial charge on any atom is 0.416 e. The van der Waals surface area contributed by atoms with E-state index in [1.54, 1.807) is 0 Å². The van der Waals surface area contributed by atoms with Gasteiger partial charge < -0.3 is 4.74 Å². The molecule has 3 aromatic rings. The second kappa shape index (κ2) is 7.01. The molecular weight excluding hydrogens is 333 g/mol. The van der Waals surface area contributed by atoms with Gasteiger partial charge in [-0.1, -0.05) is 42.1 Å². The Labute approximate surface area is 142 Å². The number of benzene rings is 3. The van der Waals surface area contributed by atoms with Crippen molar-refractivity contribution in [2.24, 2.45) is 0 Å². The molecule has 0 fully saturated rings. The van der Waals surface area contributed by atoms with Crippen molar-refractivity contribution in [3.63, 3.8) is 0 Å². The monoisotopic (exact) mass is 346 g/mol. The van der Waals surface area contributed by atoms with E-state index in [1.165, 1.54) is 23.9 Å². The van der Waals surface area contributed by atoms with Crippen LogP contribution in [0, 0.1) is 0 Å². The SMILES string of the molecule is FC(F)(F)c1ccc(Sc2ccccc2Oc2ccccc2)cc1. The molecule has 0 aliphatic rings. The molecule has 5 heteroatoms. The lowest BCUT2D eigenvalue weighted by molar-refractivity contribution is -0.137. The highest BCUT2D eigenvalue weighted by molar-refractivity contribution is 7.99. The number of para-hydroxylation sites is 2. The van der Waals surface area contributed by atoms with Crippen molar-refractivity contribution in [1.82, 2.24) is 0 Å². The van der Waals surface area contributed by atoms with E-state index in [9.17, 15) is 13.2 Å². The second-order valence-corrected chi connectivity index (χ2v) is 6.10. The standard InChI is InChI=1S/C19H13F3OS/c20-19(21,22)14-10-12-16(13-11-14)24-18-9-5-4-8-17(18)23-15-6-2-1-3-7-15/h1-13H. The number of hydrogen-bond donors (Lipinski definition) is 0. The van der Waals surface area contributed by atoms with E-state index < -0.39 is 11.7 Å². The molecule has 24 heavy (non-hydrogen) atoms. The maximum absolute atomic E-state index is 12.6. The molecule has 1 nitrogen and oxygen atoms in total. The van der Waals surface area contributed by atoms with E-state index in [0.717, 1.165) is 17.0 Å². The summed E-state index contributed by atoms with van der Waals surface area (Å²) in [5, 5.41) is 0. The van der Waals surface area contributed by atoms with Crippen LogP contribution in [0.1, 0.15) is 5.56 Å². The Morgan fingerprint density at radius 3 is 2.00 bits per heavy atom. The molecule has 0 saturated heterocycles. The van der Waals surface area contributed by atoms with Gasteiger partial charge in [0.1, 0.15) is 11.5 Å². The summed E-state index contributed by atoms with van der Waals surface area (Å²) in [6.07, 6.45) is -4.32. The van der Waals surface area contributed by atoms with Gasteiger partial charge in [-0.05, 0) is 48.5 Å². The molecule has 0 N–H and O–H groups in total. The molecule has 0 atom stereocenters. The van der Waals surface area contributed by atoms with Crippen LogP contribution in [-0.2, 0) is 6.18 Å². The predicted octanol–water partition coefficient (Wildman–Crippen LogP) is 6.65. The van der Waals surface area contributed by atoms with Crippen molar-refractivity contribution >= 4 is 11.8 Å². The van der Waals surface area contributed by atoms with Crippen LogP contribution in [0.3, 0.4) is 0 Å². The topological polar surface area (TPSA) is 9.23 Å². The summed E-state index contributed by atoms with van der Waals surface area (Å²) in [6.45, 7) is 0. The molecule has 0 aliphatic heterocycles. The van der Waals surface area contributed by atoms with E-state index in [4.69, 9.17) is 4.74 Å². The smallest absolute Gasteiger partial charge is 0.416 e. The molecule has 3 rings (SSSR count). The second-order valence-electron chi connectivity index (χ2n) is 4.99. The summed E-state index contributed by atoms with van der Waals surface area (Å²) in [5.41, 5.74) is -0.652. The lowest BCUT2D eigenvalue weighted by Crippen LogP contribution is -2.03. The number of alkyl halides is 3. The zero-order chi connectivity index (χ0) is 17.0. The first kappa shape index (κ1) is 16.5. The largest absolute Gasteiger partial charge is 0.456 e. The molecule has 0 spiro atoms. The van der Waals surface area contributed by atoms with Gasteiger partial charge in [-0.2, -0.15) is 13.2 Å². The van der Waals surface area contributed by atoms with E-state index in [1.807, 2.05) is 54.6 Å². The Morgan fingerprint density at radius 1 is 0.708 bits per heavy atom. The van der Waals surface area contributed by atoms with Crippen molar-refractivity contribution in [1.29, 1.82) is 0 Å². The Bertz CT molecular complexity index is 799. The molecule has 3 aromatic carbocycles. The third-order valence-corrected chi connectivity index (χ3v) is 4.29. The van der Waals surface area contributed by atoms with Gasteiger partial charge in [-0.3, -0.25) is 0 Å². The average molecular weight is 346 g/mol. The lowest BCUT2D eigenvalue weighted by atomic mass is 10.2. The fourth-order valence-corrected chi connectivity index (χ4v) is 2.96. The summed E-state index contributed by atoms with van der Waals surface area (Å²) in [4.78, 5) is 1.55. The molecule has 0 amide bonds. The summed E-state index contributed by atoms with van der Waals surface area (Å²) in [5.74, 6) is 1.37. The highest BCUT2D eigenvalue weighted by atomic mass is 32.2. The Balaban J connectivity index is 1.80. The van der Waals surface area contributed by atoms with Crippen molar-refractivity contribution < 1.29 is 17.9 Å². The van der Waals surface area contributed by atoms with Gasteiger partial charge in [0.25, 0.3) is 0 Å². The predicted molar refractivity (Wildman–Crippen MR) is 88.5 cm³/mol. The van der Waals surface area contributed by atoms with E-state index in [2.05, 4.69) is 0 Å². The number of rotatable bonds is 4. The molecule has 0 bridgehead atoms. The Morgan fingerprint density at radius 2 is 1.33 bits per heavy atom. The molecule has 0 heterocycles. The van der Waals surface area contributed by atoms with Crippen molar-refractivity contribution in [2.45, 2.75) is 16.0 Å². The van der Waals surface area contributed by atoms with Crippen LogP contribution in [-0.4, -0.2) is 0 Å². The van der Waals surface area contributed by atoms with Crippen LogP contribution in [0.2, 0.25) is 0 Å². The van der Waals surface area contributed by atoms with Crippen LogP contribution in [0.25, 0.3) is 0 Å². The summed E-state index contributed by atoms with van der Waals surface area (Å²) < 4.78 is 43.7. The zero-order valence-corrected chi connectivity index (χ0v) is 13.3. The van der Waals surface area contributed by atoms with Crippen LogP contribution in [0.15, 0.2) is 88.7 Å². The van der Waals surface area contributed by atoms with Crippen LogP contribution in [0.5, 0.6) is 11.5 Å². The quantitative estimate of drug-likeness (QED) is 0.523. The minimum atomic E-state index is -4.32. The third-order valence-electron chi connectivity index (χ3n) is 3.23. The van der Waals surface area contributed by atoms with Gasteiger partial charge in [0, 0.05) is 4.90 Å². The van der Waals surface area contributed by atoms with Gasteiger partial charge >= 0.3 is 6.18 Å². The van der Waals surface area contributed by atoms with Gasteiger partial charge in [0.15, 0.2) is 0 Å². The van der Waals surface area contributed by atoms with E-state index in [-0.39, 0.29) is 0 Å². The lowest BCUT2D eigenvalue weighted by Gasteiger charge is -2.11. The van der Waals surface area contributed by atoms with Crippen LogP contribution < -0.4 is 4.74 Å². The summed E-state index contributed by atoms with van der Waals surface area (Å²) >= 11 is 1.36. The minimum Gasteiger partial charge on any atom is -0.456 e. The number of hydrogen-bond acceptors (Lipinski definition) is 2. The fourth-order valence-electron chi connectivity index (χ4n) is 2.07. The van der Waals surface area contributed by atoms with Gasteiger partial charge in [-0.15, -0.1) is 0 Å². The first-order chi connectivity index (χ1) is 11.5. The molecule has 0 aliphatic carbocycles. The van der Waals surface area contributed by atoms with Crippen LogP contribution >= 0.6 is 11.8 Å². The molecule has 0 saturated carbocycles.